The first-order valence-electron chi connectivity index (χ1n) is 6.33. The quantitative estimate of drug-likeness (QED) is 0.717. The van der Waals surface area contributed by atoms with Crippen molar-refractivity contribution >= 4 is 0 Å². The van der Waals surface area contributed by atoms with E-state index in [2.05, 4.69) is 11.8 Å². The van der Waals surface area contributed by atoms with Crippen LogP contribution >= 0.6 is 0 Å². The molecule has 3 unspecified atom stereocenters. The molecule has 2 rings (SSSR count). The van der Waals surface area contributed by atoms with Gasteiger partial charge in [-0.1, -0.05) is 6.92 Å². The molecule has 0 bridgehead atoms. The number of piperidine rings is 1. The first-order chi connectivity index (χ1) is 7.65. The second-order valence-electron chi connectivity index (χ2n) is 5.58. The third-order valence-electron chi connectivity index (χ3n) is 4.18. The van der Waals surface area contributed by atoms with Crippen LogP contribution in [0.15, 0.2) is 0 Å². The highest BCUT2D eigenvalue weighted by Gasteiger charge is 2.37. The molecule has 2 fully saturated rings. The summed E-state index contributed by atoms with van der Waals surface area (Å²) in [5, 5.41) is 9.87. The lowest BCUT2D eigenvalue weighted by molar-refractivity contribution is 0.00869. The highest BCUT2D eigenvalue weighted by Crippen LogP contribution is 2.30. The highest BCUT2D eigenvalue weighted by molar-refractivity contribution is 4.89. The van der Waals surface area contributed by atoms with E-state index in [9.17, 15) is 5.11 Å². The van der Waals surface area contributed by atoms with Gasteiger partial charge in [0, 0.05) is 31.7 Å². The first-order valence-corrected chi connectivity index (χ1v) is 6.33. The number of nitrogens with zero attached hydrogens (tertiary/aromatic N) is 1. The summed E-state index contributed by atoms with van der Waals surface area (Å²) in [6.07, 6.45) is 1.97. The molecule has 0 amide bonds. The summed E-state index contributed by atoms with van der Waals surface area (Å²) in [6, 6.07) is 0. The molecule has 2 heterocycles. The minimum Gasteiger partial charge on any atom is -0.392 e. The lowest BCUT2D eigenvalue weighted by Gasteiger charge is -2.39. The van der Waals surface area contributed by atoms with Gasteiger partial charge in [0.25, 0.3) is 0 Å². The van der Waals surface area contributed by atoms with Crippen LogP contribution < -0.4 is 5.73 Å². The number of aliphatic hydroxyl groups is 1. The van der Waals surface area contributed by atoms with E-state index in [0.29, 0.717) is 12.5 Å². The molecule has 2 saturated heterocycles. The third kappa shape index (κ3) is 2.56. The minimum atomic E-state index is -0.175. The molecule has 0 aliphatic carbocycles. The van der Waals surface area contributed by atoms with Gasteiger partial charge in [-0.25, -0.2) is 0 Å². The van der Waals surface area contributed by atoms with Gasteiger partial charge < -0.3 is 20.5 Å². The number of hydrogen-bond acceptors (Lipinski definition) is 4. The zero-order valence-electron chi connectivity index (χ0n) is 10.2. The maximum Gasteiger partial charge on any atom is 0.0693 e. The fraction of sp³-hybridized carbons (Fsp3) is 1.00. The smallest absolute Gasteiger partial charge is 0.0693 e. The second kappa shape index (κ2) is 5.00. The van der Waals surface area contributed by atoms with Gasteiger partial charge in [-0.05, 0) is 25.3 Å². The Kier molecular flexibility index (Phi) is 3.85. The van der Waals surface area contributed by atoms with Gasteiger partial charge >= 0.3 is 0 Å². The van der Waals surface area contributed by atoms with Crippen molar-refractivity contribution in [3.63, 3.8) is 0 Å². The van der Waals surface area contributed by atoms with Crippen LogP contribution in [0.1, 0.15) is 19.8 Å². The molecular weight excluding hydrogens is 204 g/mol. The number of hydrogen-bond donors (Lipinski definition) is 2. The Hall–Kier alpha value is -0.160. The Labute approximate surface area is 97.7 Å². The van der Waals surface area contributed by atoms with E-state index >= 15 is 0 Å². The van der Waals surface area contributed by atoms with Gasteiger partial charge in [0.15, 0.2) is 0 Å². The predicted molar refractivity (Wildman–Crippen MR) is 63.2 cm³/mol. The van der Waals surface area contributed by atoms with Crippen LogP contribution in [-0.4, -0.2) is 55.5 Å². The zero-order chi connectivity index (χ0) is 11.6. The van der Waals surface area contributed by atoms with Crippen molar-refractivity contribution in [1.29, 1.82) is 0 Å². The molecule has 0 aromatic heterocycles. The van der Waals surface area contributed by atoms with Crippen LogP contribution in [0.2, 0.25) is 0 Å². The molecule has 0 spiro atoms. The molecule has 0 radical (unpaired) electrons. The second-order valence-corrected chi connectivity index (χ2v) is 5.58. The Bertz CT molecular complexity index is 229. The average Bonchev–Trinajstić information content (AvgIpc) is 2.73. The maximum absolute atomic E-state index is 9.87. The number of β-amino-alcohol motifs (C(OH)–C–C–N with tert-alkyl or cyclic N) is 1. The van der Waals surface area contributed by atoms with Gasteiger partial charge in [-0.2, -0.15) is 0 Å². The summed E-state index contributed by atoms with van der Waals surface area (Å²) in [7, 11) is 0. The van der Waals surface area contributed by atoms with E-state index in [0.717, 1.165) is 45.7 Å². The van der Waals surface area contributed by atoms with Crippen LogP contribution in [0.3, 0.4) is 0 Å². The van der Waals surface area contributed by atoms with Gasteiger partial charge in [0.1, 0.15) is 0 Å². The molecule has 94 valence electrons. The largest absolute Gasteiger partial charge is 0.392 e. The van der Waals surface area contributed by atoms with Crippen LogP contribution in [0, 0.1) is 11.3 Å². The molecule has 4 heteroatoms. The third-order valence-corrected chi connectivity index (χ3v) is 4.18. The van der Waals surface area contributed by atoms with Crippen LogP contribution in [0.4, 0.5) is 0 Å². The van der Waals surface area contributed by atoms with Crippen molar-refractivity contribution in [3.05, 3.63) is 0 Å². The van der Waals surface area contributed by atoms with Gasteiger partial charge in [0.05, 0.1) is 12.7 Å². The average molecular weight is 228 g/mol. The van der Waals surface area contributed by atoms with Crippen LogP contribution in [-0.2, 0) is 4.74 Å². The van der Waals surface area contributed by atoms with Crippen LogP contribution in [0.25, 0.3) is 0 Å². The zero-order valence-corrected chi connectivity index (χ0v) is 10.2. The van der Waals surface area contributed by atoms with E-state index in [1.54, 1.807) is 0 Å². The van der Waals surface area contributed by atoms with E-state index in [-0.39, 0.29) is 11.5 Å². The molecule has 16 heavy (non-hydrogen) atoms. The lowest BCUT2D eigenvalue weighted by atomic mass is 9.85. The summed E-state index contributed by atoms with van der Waals surface area (Å²) in [5.41, 5.74) is 6.02. The van der Waals surface area contributed by atoms with E-state index < -0.39 is 0 Å². The number of rotatable bonds is 3. The summed E-state index contributed by atoms with van der Waals surface area (Å²) in [5.74, 6) is 0.435. The normalized spacial score (nSPS) is 41.4. The Morgan fingerprint density at radius 1 is 1.56 bits per heavy atom. The summed E-state index contributed by atoms with van der Waals surface area (Å²) in [6.45, 7) is 7.29. The number of nitrogens with two attached hydrogens (primary N) is 1. The van der Waals surface area contributed by atoms with Crippen molar-refractivity contribution in [2.75, 3.05) is 39.4 Å². The molecule has 0 saturated carbocycles. The summed E-state index contributed by atoms with van der Waals surface area (Å²) >= 11 is 0. The molecule has 3 N–H and O–H groups in total. The molecule has 2 aliphatic heterocycles. The minimum absolute atomic E-state index is 0.139. The van der Waals surface area contributed by atoms with Crippen LogP contribution in [0.5, 0.6) is 0 Å². The topological polar surface area (TPSA) is 58.7 Å². The Morgan fingerprint density at radius 2 is 2.38 bits per heavy atom. The monoisotopic (exact) mass is 228 g/mol. The molecule has 2 aliphatic rings. The predicted octanol–water partition coefficient (Wildman–Crippen LogP) is 0.0545. The van der Waals surface area contributed by atoms with Crippen molar-refractivity contribution in [2.45, 2.75) is 25.9 Å². The first kappa shape index (κ1) is 12.3. The van der Waals surface area contributed by atoms with Crippen molar-refractivity contribution in [3.8, 4) is 0 Å². The summed E-state index contributed by atoms with van der Waals surface area (Å²) < 4.78 is 5.47. The maximum atomic E-state index is 9.87. The molecular formula is C12H24N2O2. The Morgan fingerprint density at radius 3 is 2.94 bits per heavy atom. The molecule has 0 aromatic carbocycles. The van der Waals surface area contributed by atoms with E-state index in [1.165, 1.54) is 0 Å². The fourth-order valence-corrected chi connectivity index (χ4v) is 2.73. The molecule has 4 nitrogen and oxygen atoms in total. The Balaban J connectivity index is 1.89. The lowest BCUT2D eigenvalue weighted by Crippen LogP contribution is -2.49. The van der Waals surface area contributed by atoms with E-state index in [1.807, 2.05) is 0 Å². The SMILES string of the molecule is CC1CCN(CC2(CN)CCOC2)CC1O. The number of likely N-dealkylation sites (tertiary alicyclic amines) is 1. The van der Waals surface area contributed by atoms with Crippen molar-refractivity contribution in [2.24, 2.45) is 17.1 Å². The fourth-order valence-electron chi connectivity index (χ4n) is 2.73. The summed E-state index contributed by atoms with van der Waals surface area (Å²) in [4.78, 5) is 2.35. The van der Waals surface area contributed by atoms with Gasteiger partial charge in [0.2, 0.25) is 0 Å². The van der Waals surface area contributed by atoms with E-state index in [4.69, 9.17) is 10.5 Å². The number of aliphatic hydroxyl groups excluding tert-OH is 1. The van der Waals surface area contributed by atoms with Crippen molar-refractivity contribution < 1.29 is 9.84 Å². The number of ether oxygens (including phenoxy) is 1. The van der Waals surface area contributed by atoms with Gasteiger partial charge in [-0.15, -0.1) is 0 Å². The molecule has 0 aromatic rings. The van der Waals surface area contributed by atoms with Crippen molar-refractivity contribution in [1.82, 2.24) is 4.90 Å². The highest BCUT2D eigenvalue weighted by atomic mass is 16.5. The van der Waals surface area contributed by atoms with Gasteiger partial charge in [-0.3, -0.25) is 0 Å². The molecule has 3 atom stereocenters. The standard InChI is InChI=1S/C12H24N2O2/c1-10-2-4-14(6-11(10)15)8-12(7-13)3-5-16-9-12/h10-11,15H,2-9,13H2,1H3.